The summed E-state index contributed by atoms with van der Waals surface area (Å²) in [7, 11) is 1.54. The molecule has 0 saturated carbocycles. The Labute approximate surface area is 161 Å². The molecule has 0 N–H and O–H groups in total. The van der Waals surface area contributed by atoms with Crippen LogP contribution in [-0.2, 0) is 4.84 Å². The molecule has 2 heterocycles. The number of aryl methyl sites for hydroxylation is 2. The summed E-state index contributed by atoms with van der Waals surface area (Å²) in [6.07, 6.45) is 5.12. The van der Waals surface area contributed by atoms with Crippen molar-refractivity contribution in [1.82, 2.24) is 10.2 Å². The number of rotatable bonds is 7. The molecule has 1 saturated heterocycles. The lowest BCUT2D eigenvalue weighted by Crippen LogP contribution is -2.34. The van der Waals surface area contributed by atoms with Gasteiger partial charge in [0.05, 0.1) is 18.5 Å². The van der Waals surface area contributed by atoms with Crippen molar-refractivity contribution in [2.45, 2.75) is 33.1 Å². The number of ether oxygens (including phenoxy) is 1. The van der Waals surface area contributed by atoms with Gasteiger partial charge in [-0.25, -0.2) is 0 Å². The van der Waals surface area contributed by atoms with E-state index in [1.54, 1.807) is 13.3 Å². The van der Waals surface area contributed by atoms with Crippen molar-refractivity contribution in [2.75, 3.05) is 31.7 Å². The summed E-state index contributed by atoms with van der Waals surface area (Å²) in [5.41, 5.74) is 3.08. The molecule has 1 aromatic carbocycles. The van der Waals surface area contributed by atoms with Gasteiger partial charge in [0, 0.05) is 13.1 Å². The molecule has 0 unspecified atom stereocenters. The summed E-state index contributed by atoms with van der Waals surface area (Å²) in [4.78, 5) is 7.04. The van der Waals surface area contributed by atoms with Crippen molar-refractivity contribution in [1.29, 1.82) is 0 Å². The third-order valence-electron chi connectivity index (χ3n) is 5.01. The number of oxime groups is 1. The van der Waals surface area contributed by atoms with Crippen LogP contribution in [0.1, 0.15) is 36.1 Å². The lowest BCUT2D eigenvalue weighted by atomic mass is 9.94. The fraction of sp³-hybridized carbons (Fsp3) is 0.476. The average molecular weight is 368 g/mol. The molecule has 0 aliphatic carbocycles. The summed E-state index contributed by atoms with van der Waals surface area (Å²) in [6, 6.07) is 10.1. The van der Waals surface area contributed by atoms with Crippen LogP contribution in [0.5, 0.6) is 5.75 Å². The number of aromatic nitrogens is 2. The molecule has 3 rings (SSSR count). The molecule has 1 aromatic heterocycles. The van der Waals surface area contributed by atoms with Crippen molar-refractivity contribution < 1.29 is 9.57 Å². The summed E-state index contributed by atoms with van der Waals surface area (Å²) in [5, 5.41) is 12.2. The fourth-order valence-electron chi connectivity index (χ4n) is 3.38. The van der Waals surface area contributed by atoms with Crippen molar-refractivity contribution in [3.63, 3.8) is 0 Å². The molecular formula is C21H28N4O2. The van der Waals surface area contributed by atoms with Crippen LogP contribution in [-0.4, -0.2) is 43.2 Å². The van der Waals surface area contributed by atoms with E-state index in [4.69, 9.17) is 9.57 Å². The Bertz CT molecular complexity index is 753. The maximum atomic E-state index is 6.01. The largest absolute Gasteiger partial charge is 0.493 e. The molecule has 0 bridgehead atoms. The number of piperidine rings is 1. The minimum atomic E-state index is 0.702. The van der Waals surface area contributed by atoms with Gasteiger partial charge in [-0.05, 0) is 80.5 Å². The van der Waals surface area contributed by atoms with Crippen LogP contribution in [0.15, 0.2) is 35.5 Å². The van der Waals surface area contributed by atoms with E-state index in [0.717, 1.165) is 54.5 Å². The fourth-order valence-corrected chi connectivity index (χ4v) is 3.38. The Morgan fingerprint density at radius 1 is 1.15 bits per heavy atom. The van der Waals surface area contributed by atoms with Crippen LogP contribution in [0.4, 0.5) is 5.82 Å². The number of hydrogen-bond donors (Lipinski definition) is 0. The second-order valence-corrected chi connectivity index (χ2v) is 7.04. The molecule has 0 radical (unpaired) electrons. The smallest absolute Gasteiger partial charge is 0.151 e. The quantitative estimate of drug-likeness (QED) is 0.550. The van der Waals surface area contributed by atoms with E-state index in [-0.39, 0.29) is 0 Å². The van der Waals surface area contributed by atoms with E-state index in [0.29, 0.717) is 5.92 Å². The van der Waals surface area contributed by atoms with Gasteiger partial charge in [-0.2, -0.15) is 5.10 Å². The molecule has 6 nitrogen and oxygen atoms in total. The number of anilines is 1. The maximum absolute atomic E-state index is 6.01. The zero-order chi connectivity index (χ0) is 19.1. The van der Waals surface area contributed by atoms with E-state index in [1.165, 1.54) is 12.8 Å². The van der Waals surface area contributed by atoms with Crippen LogP contribution in [0.25, 0.3) is 0 Å². The molecule has 144 valence electrons. The molecule has 27 heavy (non-hydrogen) atoms. The zero-order valence-electron chi connectivity index (χ0n) is 16.4. The lowest BCUT2D eigenvalue weighted by Gasteiger charge is -2.32. The standard InChI is InChI=1S/C21H28N4O2/c1-16-14-19(15-22-26-3)5-6-20(16)27-13-10-18-8-11-25(12-9-18)21-7-4-17(2)23-24-21/h4-7,14-15,18H,8-13H2,1-3H3/b22-15+. The molecule has 6 heteroatoms. The van der Waals surface area contributed by atoms with Crippen LogP contribution in [0.3, 0.4) is 0 Å². The van der Waals surface area contributed by atoms with Gasteiger partial charge in [-0.1, -0.05) is 5.16 Å². The Balaban J connectivity index is 1.43. The first-order valence-electron chi connectivity index (χ1n) is 9.51. The van der Waals surface area contributed by atoms with E-state index >= 15 is 0 Å². The highest BCUT2D eigenvalue weighted by Crippen LogP contribution is 2.25. The van der Waals surface area contributed by atoms with Crippen molar-refractivity contribution in [3.8, 4) is 5.75 Å². The van der Waals surface area contributed by atoms with Gasteiger partial charge in [0.25, 0.3) is 0 Å². The highest BCUT2D eigenvalue weighted by atomic mass is 16.6. The number of nitrogens with zero attached hydrogens (tertiary/aromatic N) is 4. The third-order valence-corrected chi connectivity index (χ3v) is 5.01. The number of hydrogen-bond acceptors (Lipinski definition) is 6. The molecule has 0 atom stereocenters. The summed E-state index contributed by atoms with van der Waals surface area (Å²) >= 11 is 0. The van der Waals surface area contributed by atoms with Crippen LogP contribution in [0, 0.1) is 19.8 Å². The van der Waals surface area contributed by atoms with Crippen molar-refractivity contribution >= 4 is 12.0 Å². The predicted octanol–water partition coefficient (Wildman–Crippen LogP) is 3.76. The van der Waals surface area contributed by atoms with Crippen LogP contribution < -0.4 is 9.64 Å². The summed E-state index contributed by atoms with van der Waals surface area (Å²) < 4.78 is 6.01. The normalized spacial score (nSPS) is 15.3. The van der Waals surface area contributed by atoms with Crippen LogP contribution in [0.2, 0.25) is 0 Å². The number of benzene rings is 1. The Morgan fingerprint density at radius 3 is 2.63 bits per heavy atom. The van der Waals surface area contributed by atoms with Crippen molar-refractivity contribution in [2.24, 2.45) is 11.1 Å². The second-order valence-electron chi connectivity index (χ2n) is 7.04. The Morgan fingerprint density at radius 2 is 1.96 bits per heavy atom. The highest BCUT2D eigenvalue weighted by Gasteiger charge is 2.20. The molecular weight excluding hydrogens is 340 g/mol. The molecule has 1 fully saturated rings. The average Bonchev–Trinajstić information content (AvgIpc) is 2.69. The van der Waals surface area contributed by atoms with Gasteiger partial charge >= 0.3 is 0 Å². The highest BCUT2D eigenvalue weighted by molar-refractivity contribution is 5.79. The first-order chi connectivity index (χ1) is 13.2. The van der Waals surface area contributed by atoms with Gasteiger partial charge in [-0.15, -0.1) is 5.10 Å². The topological polar surface area (TPSA) is 59.8 Å². The van der Waals surface area contributed by atoms with Gasteiger partial charge in [-0.3, -0.25) is 0 Å². The molecule has 1 aliphatic rings. The molecule has 0 amide bonds. The first kappa shape index (κ1) is 19.1. The second kappa shape index (κ2) is 9.35. The minimum absolute atomic E-state index is 0.702. The lowest BCUT2D eigenvalue weighted by molar-refractivity contribution is 0.215. The Hall–Kier alpha value is -2.63. The van der Waals surface area contributed by atoms with Gasteiger partial charge < -0.3 is 14.5 Å². The maximum Gasteiger partial charge on any atom is 0.151 e. The molecule has 1 aliphatic heterocycles. The van der Waals surface area contributed by atoms with E-state index < -0.39 is 0 Å². The monoisotopic (exact) mass is 368 g/mol. The van der Waals surface area contributed by atoms with Crippen LogP contribution >= 0.6 is 0 Å². The Kier molecular flexibility index (Phi) is 6.63. The van der Waals surface area contributed by atoms with Gasteiger partial charge in [0.15, 0.2) is 5.82 Å². The molecule has 0 spiro atoms. The predicted molar refractivity (Wildman–Crippen MR) is 108 cm³/mol. The van der Waals surface area contributed by atoms with E-state index in [9.17, 15) is 0 Å². The molecule has 2 aromatic rings. The van der Waals surface area contributed by atoms with E-state index in [1.807, 2.05) is 25.1 Å². The van der Waals surface area contributed by atoms with Crippen molar-refractivity contribution in [3.05, 3.63) is 47.2 Å². The van der Waals surface area contributed by atoms with E-state index in [2.05, 4.69) is 39.3 Å². The third kappa shape index (κ3) is 5.42. The first-order valence-corrected chi connectivity index (χ1v) is 9.51. The summed E-state index contributed by atoms with van der Waals surface area (Å²) in [5.74, 6) is 2.63. The zero-order valence-corrected chi connectivity index (χ0v) is 16.4. The van der Waals surface area contributed by atoms with Gasteiger partial charge in [0.2, 0.25) is 0 Å². The SMILES string of the molecule is CO/N=C/c1ccc(OCCC2CCN(c3ccc(C)nn3)CC2)c(C)c1. The summed E-state index contributed by atoms with van der Waals surface area (Å²) in [6.45, 7) is 6.84. The van der Waals surface area contributed by atoms with Gasteiger partial charge in [0.1, 0.15) is 12.9 Å². The minimum Gasteiger partial charge on any atom is -0.493 e.